The lowest BCUT2D eigenvalue weighted by Gasteiger charge is -2.36. The van der Waals surface area contributed by atoms with Gasteiger partial charge in [0.15, 0.2) is 0 Å². The van der Waals surface area contributed by atoms with Crippen molar-refractivity contribution in [3.8, 4) is 0 Å². The van der Waals surface area contributed by atoms with Gasteiger partial charge in [0.05, 0.1) is 6.54 Å². The van der Waals surface area contributed by atoms with Crippen LogP contribution < -0.4 is 0 Å². The molecule has 2 fully saturated rings. The quantitative estimate of drug-likeness (QED) is 0.846. The molecular weight excluding hydrogens is 278 g/mol. The van der Waals surface area contributed by atoms with Crippen LogP contribution in [0.5, 0.6) is 0 Å². The highest BCUT2D eigenvalue weighted by molar-refractivity contribution is 5.79. The molecule has 1 saturated carbocycles. The van der Waals surface area contributed by atoms with Crippen molar-refractivity contribution in [2.75, 3.05) is 26.2 Å². The van der Waals surface area contributed by atoms with Gasteiger partial charge in [-0.25, -0.2) is 0 Å². The number of aryl methyl sites for hydroxylation is 1. The number of hydrogen-bond donors (Lipinski definition) is 0. The van der Waals surface area contributed by atoms with Gasteiger partial charge in [-0.3, -0.25) is 9.69 Å². The second-order valence-electron chi connectivity index (χ2n) is 6.66. The van der Waals surface area contributed by atoms with Crippen molar-refractivity contribution in [1.29, 1.82) is 0 Å². The van der Waals surface area contributed by atoms with Crippen molar-refractivity contribution < 1.29 is 4.79 Å². The molecule has 1 aliphatic heterocycles. The summed E-state index contributed by atoms with van der Waals surface area (Å²) in [6, 6.07) is 0. The van der Waals surface area contributed by atoms with Crippen molar-refractivity contribution in [3.63, 3.8) is 0 Å². The summed E-state index contributed by atoms with van der Waals surface area (Å²) in [4.78, 5) is 17.0. The summed E-state index contributed by atoms with van der Waals surface area (Å²) in [7, 11) is 2.01. The van der Waals surface area contributed by atoms with Crippen LogP contribution in [0, 0.1) is 12.8 Å². The van der Waals surface area contributed by atoms with E-state index in [1.54, 1.807) is 0 Å². The predicted molar refractivity (Wildman–Crippen MR) is 84.2 cm³/mol. The highest BCUT2D eigenvalue weighted by atomic mass is 16.2. The van der Waals surface area contributed by atoms with E-state index in [9.17, 15) is 4.79 Å². The molecule has 122 valence electrons. The van der Waals surface area contributed by atoms with E-state index >= 15 is 0 Å². The van der Waals surface area contributed by atoms with Crippen LogP contribution in [0.4, 0.5) is 0 Å². The van der Waals surface area contributed by atoms with Gasteiger partial charge in [0.1, 0.15) is 11.6 Å². The van der Waals surface area contributed by atoms with Crippen molar-refractivity contribution in [3.05, 3.63) is 11.6 Å². The maximum atomic E-state index is 12.6. The molecule has 1 amide bonds. The molecule has 0 aromatic carbocycles. The molecule has 3 rings (SSSR count). The fourth-order valence-electron chi connectivity index (χ4n) is 3.52. The van der Waals surface area contributed by atoms with Gasteiger partial charge in [-0.15, -0.1) is 10.2 Å². The van der Waals surface area contributed by atoms with E-state index in [0.717, 1.165) is 57.2 Å². The Morgan fingerprint density at radius 2 is 1.77 bits per heavy atom. The van der Waals surface area contributed by atoms with Gasteiger partial charge in [-0.1, -0.05) is 19.3 Å². The molecule has 0 unspecified atom stereocenters. The first-order chi connectivity index (χ1) is 10.6. The van der Waals surface area contributed by atoms with Crippen LogP contribution in [-0.2, 0) is 18.4 Å². The maximum Gasteiger partial charge on any atom is 0.225 e. The topological polar surface area (TPSA) is 54.3 Å². The predicted octanol–water partition coefficient (Wildman–Crippen LogP) is 1.35. The van der Waals surface area contributed by atoms with E-state index < -0.39 is 0 Å². The van der Waals surface area contributed by atoms with Crippen LogP contribution in [0.2, 0.25) is 0 Å². The van der Waals surface area contributed by atoms with E-state index in [1.165, 1.54) is 19.3 Å². The van der Waals surface area contributed by atoms with E-state index in [4.69, 9.17) is 0 Å². The van der Waals surface area contributed by atoms with E-state index in [1.807, 2.05) is 18.5 Å². The Bertz CT molecular complexity index is 513. The van der Waals surface area contributed by atoms with E-state index in [-0.39, 0.29) is 0 Å². The van der Waals surface area contributed by atoms with E-state index in [0.29, 0.717) is 11.8 Å². The van der Waals surface area contributed by atoms with Crippen LogP contribution in [0.25, 0.3) is 0 Å². The summed E-state index contributed by atoms with van der Waals surface area (Å²) in [5.41, 5.74) is 0. The highest BCUT2D eigenvalue weighted by Crippen LogP contribution is 2.25. The Balaban J connectivity index is 1.49. The van der Waals surface area contributed by atoms with Crippen molar-refractivity contribution >= 4 is 5.91 Å². The summed E-state index contributed by atoms with van der Waals surface area (Å²) in [5, 5.41) is 8.34. The molecule has 2 heterocycles. The fourth-order valence-corrected chi connectivity index (χ4v) is 3.52. The molecule has 2 aliphatic rings. The minimum absolute atomic E-state index is 0.293. The third-order valence-corrected chi connectivity index (χ3v) is 5.19. The van der Waals surface area contributed by atoms with Gasteiger partial charge in [-0.05, 0) is 19.8 Å². The van der Waals surface area contributed by atoms with Crippen molar-refractivity contribution in [1.82, 2.24) is 24.6 Å². The molecule has 0 spiro atoms. The Labute approximate surface area is 132 Å². The number of hydrogen-bond acceptors (Lipinski definition) is 4. The third-order valence-electron chi connectivity index (χ3n) is 5.19. The summed E-state index contributed by atoms with van der Waals surface area (Å²) in [6.45, 7) is 6.37. The smallest absolute Gasteiger partial charge is 0.225 e. The van der Waals surface area contributed by atoms with Crippen molar-refractivity contribution in [2.45, 2.75) is 45.6 Å². The average molecular weight is 305 g/mol. The van der Waals surface area contributed by atoms with Gasteiger partial charge >= 0.3 is 0 Å². The molecule has 1 aromatic rings. The van der Waals surface area contributed by atoms with E-state index in [2.05, 4.69) is 20.0 Å². The number of piperazine rings is 1. The lowest BCUT2D eigenvalue weighted by molar-refractivity contribution is -0.138. The zero-order valence-corrected chi connectivity index (χ0v) is 13.8. The third kappa shape index (κ3) is 3.32. The number of carbonyl (C=O) groups excluding carboxylic acids is 1. The number of carbonyl (C=O) groups is 1. The molecule has 1 aliphatic carbocycles. The Hall–Kier alpha value is -1.43. The maximum absolute atomic E-state index is 12.6. The molecule has 1 saturated heterocycles. The van der Waals surface area contributed by atoms with Gasteiger partial charge in [0.2, 0.25) is 5.91 Å². The SMILES string of the molecule is Cc1nnc(CN2CCN(C(=O)C3CCCCC3)CC2)n1C. The minimum Gasteiger partial charge on any atom is -0.340 e. The fraction of sp³-hybridized carbons (Fsp3) is 0.812. The first kappa shape index (κ1) is 15.5. The van der Waals surface area contributed by atoms with Crippen molar-refractivity contribution in [2.24, 2.45) is 13.0 Å². The first-order valence-electron chi connectivity index (χ1n) is 8.51. The van der Waals surface area contributed by atoms with Gasteiger partial charge in [0.25, 0.3) is 0 Å². The molecular formula is C16H27N5O. The standard InChI is InChI=1S/C16H27N5O/c1-13-17-18-15(19(13)2)12-20-8-10-21(11-9-20)16(22)14-6-4-3-5-7-14/h14H,3-12H2,1-2H3. The summed E-state index contributed by atoms with van der Waals surface area (Å²) >= 11 is 0. The van der Waals surface area contributed by atoms with Gasteiger partial charge in [-0.2, -0.15) is 0 Å². The zero-order valence-electron chi connectivity index (χ0n) is 13.8. The number of rotatable bonds is 3. The van der Waals surface area contributed by atoms with Gasteiger partial charge < -0.3 is 9.47 Å². The second-order valence-corrected chi connectivity index (χ2v) is 6.66. The zero-order chi connectivity index (χ0) is 15.5. The normalized spacial score (nSPS) is 21.3. The van der Waals surface area contributed by atoms with Gasteiger partial charge in [0, 0.05) is 39.1 Å². The molecule has 0 atom stereocenters. The van der Waals surface area contributed by atoms with Crippen LogP contribution >= 0.6 is 0 Å². The van der Waals surface area contributed by atoms with Crippen LogP contribution in [0.1, 0.15) is 43.8 Å². The molecule has 1 aromatic heterocycles. The highest BCUT2D eigenvalue weighted by Gasteiger charge is 2.28. The molecule has 0 bridgehead atoms. The molecule has 0 radical (unpaired) electrons. The lowest BCUT2D eigenvalue weighted by Crippen LogP contribution is -2.50. The summed E-state index contributed by atoms with van der Waals surface area (Å²) in [6.07, 6.45) is 5.94. The summed E-state index contributed by atoms with van der Waals surface area (Å²) in [5.74, 6) is 2.64. The lowest BCUT2D eigenvalue weighted by atomic mass is 9.88. The molecule has 6 heteroatoms. The van der Waals surface area contributed by atoms with Crippen LogP contribution in [0.3, 0.4) is 0 Å². The van der Waals surface area contributed by atoms with Crippen LogP contribution in [0.15, 0.2) is 0 Å². The number of nitrogens with zero attached hydrogens (tertiary/aromatic N) is 5. The molecule has 0 N–H and O–H groups in total. The average Bonchev–Trinajstić information content (AvgIpc) is 2.88. The molecule has 6 nitrogen and oxygen atoms in total. The number of amides is 1. The first-order valence-corrected chi connectivity index (χ1v) is 8.51. The summed E-state index contributed by atoms with van der Waals surface area (Å²) < 4.78 is 2.04. The largest absolute Gasteiger partial charge is 0.340 e. The number of aromatic nitrogens is 3. The Kier molecular flexibility index (Phi) is 4.76. The monoisotopic (exact) mass is 305 g/mol. The minimum atomic E-state index is 0.293. The second kappa shape index (κ2) is 6.77. The van der Waals surface area contributed by atoms with Crippen LogP contribution in [-0.4, -0.2) is 56.7 Å². The molecule has 22 heavy (non-hydrogen) atoms. The Morgan fingerprint density at radius 3 is 2.36 bits per heavy atom. The Morgan fingerprint density at radius 1 is 1.09 bits per heavy atom.